The zero-order valence-corrected chi connectivity index (χ0v) is 21.9. The number of nitrogens with zero attached hydrogens (tertiary/aromatic N) is 4. The van der Waals surface area contributed by atoms with Crippen LogP contribution in [-0.4, -0.2) is 31.8 Å². The zero-order valence-electron chi connectivity index (χ0n) is 21.9. The number of rotatable bonds is 11. The Morgan fingerprint density at radius 1 is 0.795 bits per heavy atom. The van der Waals surface area contributed by atoms with Crippen LogP contribution in [0.1, 0.15) is 31.9 Å². The van der Waals surface area contributed by atoms with Crippen molar-refractivity contribution in [1.29, 1.82) is 0 Å². The molecule has 39 heavy (non-hydrogen) atoms. The fourth-order valence-corrected chi connectivity index (χ4v) is 3.66. The van der Waals surface area contributed by atoms with Gasteiger partial charge in [0.2, 0.25) is 23.8 Å². The van der Waals surface area contributed by atoms with E-state index in [0.717, 1.165) is 24.2 Å². The maximum Gasteiger partial charge on any atom is 0.271 e. The molecule has 1 atom stereocenters. The molecule has 0 unspecified atom stereocenters. The van der Waals surface area contributed by atoms with Crippen molar-refractivity contribution in [2.24, 2.45) is 0 Å². The van der Waals surface area contributed by atoms with Gasteiger partial charge in [0, 0.05) is 29.2 Å². The molecule has 3 aromatic carbocycles. The molecule has 0 spiro atoms. The highest BCUT2D eigenvalue weighted by Crippen LogP contribution is 2.21. The Hall–Kier alpha value is -5.06. The van der Waals surface area contributed by atoms with Crippen molar-refractivity contribution in [3.63, 3.8) is 0 Å². The van der Waals surface area contributed by atoms with Crippen LogP contribution in [0.2, 0.25) is 0 Å². The lowest BCUT2D eigenvalue weighted by Gasteiger charge is -2.16. The summed E-state index contributed by atoms with van der Waals surface area (Å²) in [5.41, 5.74) is 4.23. The second-order valence-electron chi connectivity index (χ2n) is 8.82. The second kappa shape index (κ2) is 12.5. The van der Waals surface area contributed by atoms with Crippen molar-refractivity contribution in [1.82, 2.24) is 15.0 Å². The van der Waals surface area contributed by atoms with Gasteiger partial charge < -0.3 is 21.3 Å². The van der Waals surface area contributed by atoms with Crippen LogP contribution in [0.5, 0.6) is 0 Å². The van der Waals surface area contributed by atoms with Crippen LogP contribution in [0.15, 0.2) is 72.8 Å². The molecule has 0 saturated carbocycles. The van der Waals surface area contributed by atoms with Crippen LogP contribution in [0, 0.1) is 10.1 Å². The predicted molar refractivity (Wildman–Crippen MR) is 153 cm³/mol. The van der Waals surface area contributed by atoms with E-state index in [-0.39, 0.29) is 23.5 Å². The molecule has 0 saturated heterocycles. The van der Waals surface area contributed by atoms with Gasteiger partial charge in [0.1, 0.15) is 6.04 Å². The van der Waals surface area contributed by atoms with E-state index in [1.54, 1.807) is 13.0 Å². The lowest BCUT2D eigenvalue weighted by Crippen LogP contribution is -2.32. The normalized spacial score (nSPS) is 11.4. The van der Waals surface area contributed by atoms with Gasteiger partial charge in [0.15, 0.2) is 0 Å². The minimum Gasteiger partial charge on any atom is -0.342 e. The standard InChI is InChI=1S/C28H30N8O3/c1-4-19-9-13-21(14-10-19)31-27-33-26(34-28(35-27)32-22-15-11-20(5-2)12-16-22)29-18(3)25(37)30-23-7-6-8-24(17-23)36(38)39/h6-18H,4-5H2,1-3H3,(H,30,37)(H3,29,31,32,33,34,35)/t18-/m1/s1. The average molecular weight is 527 g/mol. The molecule has 1 aromatic heterocycles. The van der Waals surface area contributed by atoms with Crippen molar-refractivity contribution in [3.8, 4) is 0 Å². The highest BCUT2D eigenvalue weighted by atomic mass is 16.6. The Kier molecular flexibility index (Phi) is 8.62. The van der Waals surface area contributed by atoms with Gasteiger partial charge in [0.05, 0.1) is 4.92 Å². The van der Waals surface area contributed by atoms with Crippen LogP contribution in [0.25, 0.3) is 0 Å². The number of benzene rings is 3. The van der Waals surface area contributed by atoms with Gasteiger partial charge in [-0.05, 0) is 61.2 Å². The summed E-state index contributed by atoms with van der Waals surface area (Å²) in [6.45, 7) is 5.82. The molecule has 11 nitrogen and oxygen atoms in total. The Balaban J connectivity index is 1.54. The van der Waals surface area contributed by atoms with Gasteiger partial charge in [-0.3, -0.25) is 14.9 Å². The fourth-order valence-electron chi connectivity index (χ4n) is 3.66. The topological polar surface area (TPSA) is 147 Å². The fraction of sp³-hybridized carbons (Fsp3) is 0.214. The second-order valence-corrected chi connectivity index (χ2v) is 8.82. The van der Waals surface area contributed by atoms with E-state index in [0.29, 0.717) is 5.69 Å². The highest BCUT2D eigenvalue weighted by molar-refractivity contribution is 5.96. The van der Waals surface area contributed by atoms with Crippen molar-refractivity contribution in [2.75, 3.05) is 21.3 Å². The van der Waals surface area contributed by atoms with E-state index in [1.807, 2.05) is 48.5 Å². The first-order valence-corrected chi connectivity index (χ1v) is 12.6. The summed E-state index contributed by atoms with van der Waals surface area (Å²) in [7, 11) is 0. The van der Waals surface area contributed by atoms with Crippen LogP contribution < -0.4 is 21.3 Å². The van der Waals surface area contributed by atoms with Gasteiger partial charge in [-0.25, -0.2) is 0 Å². The molecule has 4 N–H and O–H groups in total. The number of nitro groups is 1. The number of carbonyl (C=O) groups excluding carboxylic acids is 1. The minimum atomic E-state index is -0.764. The van der Waals surface area contributed by atoms with Crippen molar-refractivity contribution in [3.05, 3.63) is 94.0 Å². The predicted octanol–water partition coefficient (Wildman–Crippen LogP) is 5.83. The lowest BCUT2D eigenvalue weighted by atomic mass is 10.1. The number of aryl methyl sites for hydroxylation is 2. The lowest BCUT2D eigenvalue weighted by molar-refractivity contribution is -0.384. The van der Waals surface area contributed by atoms with Crippen LogP contribution in [-0.2, 0) is 17.6 Å². The van der Waals surface area contributed by atoms with E-state index in [1.165, 1.54) is 29.3 Å². The molecule has 0 aliphatic rings. The molecular formula is C28H30N8O3. The number of hydrogen-bond acceptors (Lipinski definition) is 9. The van der Waals surface area contributed by atoms with E-state index in [2.05, 4.69) is 50.1 Å². The maximum atomic E-state index is 12.8. The molecular weight excluding hydrogens is 496 g/mol. The van der Waals surface area contributed by atoms with E-state index < -0.39 is 16.9 Å². The van der Waals surface area contributed by atoms with E-state index >= 15 is 0 Å². The van der Waals surface area contributed by atoms with Gasteiger partial charge in [0.25, 0.3) is 5.69 Å². The number of non-ortho nitro benzene ring substituents is 1. The summed E-state index contributed by atoms with van der Waals surface area (Å²) >= 11 is 0. The van der Waals surface area contributed by atoms with Crippen LogP contribution in [0.3, 0.4) is 0 Å². The number of carbonyl (C=O) groups is 1. The third kappa shape index (κ3) is 7.48. The number of aromatic nitrogens is 3. The molecule has 0 bridgehead atoms. The largest absolute Gasteiger partial charge is 0.342 e. The highest BCUT2D eigenvalue weighted by Gasteiger charge is 2.17. The first-order chi connectivity index (χ1) is 18.8. The summed E-state index contributed by atoms with van der Waals surface area (Å²) in [6.07, 6.45) is 1.86. The van der Waals surface area contributed by atoms with Crippen molar-refractivity contribution < 1.29 is 9.72 Å². The van der Waals surface area contributed by atoms with Gasteiger partial charge in [-0.1, -0.05) is 44.2 Å². The zero-order chi connectivity index (χ0) is 27.8. The summed E-state index contributed by atoms with van der Waals surface area (Å²) in [5, 5.41) is 23.1. The van der Waals surface area contributed by atoms with Gasteiger partial charge >= 0.3 is 0 Å². The minimum absolute atomic E-state index is 0.115. The molecule has 0 aliphatic heterocycles. The number of anilines is 6. The van der Waals surface area contributed by atoms with Crippen molar-refractivity contribution in [2.45, 2.75) is 39.7 Å². The first kappa shape index (κ1) is 27.0. The Morgan fingerprint density at radius 3 is 1.79 bits per heavy atom. The number of hydrogen-bond donors (Lipinski definition) is 4. The average Bonchev–Trinajstić information content (AvgIpc) is 2.94. The number of nitro benzene ring substituents is 1. The van der Waals surface area contributed by atoms with Crippen LogP contribution in [0.4, 0.5) is 40.6 Å². The Bertz CT molecular complexity index is 1370. The quantitative estimate of drug-likeness (QED) is 0.140. The number of nitrogens with one attached hydrogen (secondary N) is 4. The van der Waals surface area contributed by atoms with E-state index in [9.17, 15) is 14.9 Å². The number of amides is 1. The summed E-state index contributed by atoms with van der Waals surface area (Å²) in [6, 6.07) is 20.9. The monoisotopic (exact) mass is 526 g/mol. The Morgan fingerprint density at radius 2 is 1.31 bits per heavy atom. The molecule has 200 valence electrons. The van der Waals surface area contributed by atoms with Gasteiger partial charge in [-0.2, -0.15) is 15.0 Å². The molecule has 0 fully saturated rings. The van der Waals surface area contributed by atoms with Crippen molar-refractivity contribution >= 4 is 46.5 Å². The summed E-state index contributed by atoms with van der Waals surface area (Å²) in [4.78, 5) is 36.8. The molecule has 0 radical (unpaired) electrons. The summed E-state index contributed by atoms with van der Waals surface area (Å²) in [5.74, 6) is 0.337. The molecule has 4 aromatic rings. The Labute approximate surface area is 226 Å². The van der Waals surface area contributed by atoms with Gasteiger partial charge in [-0.15, -0.1) is 0 Å². The summed E-state index contributed by atoms with van der Waals surface area (Å²) < 4.78 is 0. The molecule has 0 aliphatic carbocycles. The molecule has 1 amide bonds. The van der Waals surface area contributed by atoms with Crippen LogP contribution >= 0.6 is 0 Å². The van der Waals surface area contributed by atoms with E-state index in [4.69, 9.17) is 0 Å². The maximum absolute atomic E-state index is 12.8. The molecule has 1 heterocycles. The third-order valence-electron chi connectivity index (χ3n) is 5.94. The molecule has 4 rings (SSSR count). The smallest absolute Gasteiger partial charge is 0.271 e. The SMILES string of the molecule is CCc1ccc(Nc2nc(Nc3ccc(CC)cc3)nc(N[C@H](C)C(=O)Nc3cccc([N+](=O)[O-])c3)n2)cc1. The molecule has 11 heteroatoms. The first-order valence-electron chi connectivity index (χ1n) is 12.6. The third-order valence-corrected chi connectivity index (χ3v) is 5.94.